The number of aliphatic hydroxyl groups is 1. The van der Waals surface area contributed by atoms with E-state index >= 15 is 0 Å². The highest BCUT2D eigenvalue weighted by molar-refractivity contribution is 5.55. The summed E-state index contributed by atoms with van der Waals surface area (Å²) in [6, 6.07) is 4.75. The monoisotopic (exact) mass is 271 g/mol. The van der Waals surface area contributed by atoms with Crippen LogP contribution in [0.1, 0.15) is 24.0 Å². The van der Waals surface area contributed by atoms with Gasteiger partial charge in [0.2, 0.25) is 6.79 Å². The third-order valence-electron chi connectivity index (χ3n) is 5.40. The first-order valence-electron chi connectivity index (χ1n) is 7.31. The topological polar surface area (TPSA) is 41.9 Å². The predicted octanol–water partition coefficient (Wildman–Crippen LogP) is 1.56. The van der Waals surface area contributed by atoms with E-state index in [4.69, 9.17) is 9.47 Å². The number of hydrogen-bond acceptors (Lipinski definition) is 4. The fourth-order valence-electron chi connectivity index (χ4n) is 4.48. The number of fused-ring (bicyclic) bond motifs is 2. The quantitative estimate of drug-likeness (QED) is 0.727. The van der Waals surface area contributed by atoms with Crippen molar-refractivity contribution in [1.29, 1.82) is 0 Å². The van der Waals surface area contributed by atoms with E-state index in [2.05, 4.69) is 23.1 Å². The molecule has 2 unspecified atom stereocenters. The second-order valence-corrected chi connectivity index (χ2v) is 6.30. The van der Waals surface area contributed by atoms with Gasteiger partial charge in [0.25, 0.3) is 0 Å². The zero-order chi connectivity index (χ0) is 13.3. The summed E-state index contributed by atoms with van der Waals surface area (Å²) in [5, 5.41) is 9.95. The van der Waals surface area contributed by atoms with Crippen LogP contribution in [0.2, 0.25) is 0 Å². The van der Waals surface area contributed by atoms with Gasteiger partial charge in [0.05, 0.1) is 6.10 Å². The van der Waals surface area contributed by atoms with Crippen molar-refractivity contribution < 1.29 is 14.6 Å². The Morgan fingerprint density at radius 2 is 2.10 bits per heavy atom. The zero-order valence-corrected chi connectivity index (χ0v) is 11.2. The van der Waals surface area contributed by atoms with Gasteiger partial charge in [0.15, 0.2) is 11.5 Å². The summed E-state index contributed by atoms with van der Waals surface area (Å²) in [6.45, 7) is 2.38. The van der Waals surface area contributed by atoms with Crippen LogP contribution < -0.4 is 9.47 Å². The van der Waals surface area contributed by atoms with Gasteiger partial charge in [-0.25, -0.2) is 0 Å². The molecule has 0 spiro atoms. The Hall–Kier alpha value is -1.52. The molecule has 0 amide bonds. The van der Waals surface area contributed by atoms with Crippen molar-refractivity contribution in [2.24, 2.45) is 0 Å². The van der Waals surface area contributed by atoms with Crippen LogP contribution in [0, 0.1) is 0 Å². The summed E-state index contributed by atoms with van der Waals surface area (Å²) in [6.07, 6.45) is 5.88. The average Bonchev–Trinajstić information content (AvgIpc) is 3.00. The van der Waals surface area contributed by atoms with Crippen LogP contribution in [0.4, 0.5) is 0 Å². The third-order valence-corrected chi connectivity index (χ3v) is 5.40. The van der Waals surface area contributed by atoms with Crippen molar-refractivity contribution in [2.75, 3.05) is 13.3 Å². The van der Waals surface area contributed by atoms with E-state index in [1.807, 2.05) is 6.08 Å². The van der Waals surface area contributed by atoms with E-state index in [9.17, 15) is 5.11 Å². The van der Waals surface area contributed by atoms with E-state index in [1.54, 1.807) is 0 Å². The molecule has 5 rings (SSSR count). The maximum absolute atomic E-state index is 9.95. The van der Waals surface area contributed by atoms with E-state index < -0.39 is 0 Å². The zero-order valence-electron chi connectivity index (χ0n) is 11.2. The van der Waals surface area contributed by atoms with Crippen molar-refractivity contribution in [3.8, 4) is 11.5 Å². The van der Waals surface area contributed by atoms with Crippen LogP contribution >= 0.6 is 0 Å². The van der Waals surface area contributed by atoms with Gasteiger partial charge < -0.3 is 14.6 Å². The van der Waals surface area contributed by atoms with Crippen LogP contribution in [-0.2, 0) is 12.0 Å². The van der Waals surface area contributed by atoms with Crippen LogP contribution in [0.15, 0.2) is 24.3 Å². The minimum atomic E-state index is -0.302. The Morgan fingerprint density at radius 1 is 1.25 bits per heavy atom. The first kappa shape index (κ1) is 11.2. The molecule has 1 saturated heterocycles. The molecule has 1 fully saturated rings. The summed E-state index contributed by atoms with van der Waals surface area (Å²) in [5.41, 5.74) is 2.79. The van der Waals surface area contributed by atoms with Gasteiger partial charge in [-0.3, -0.25) is 4.90 Å². The Balaban J connectivity index is 1.74. The first-order valence-corrected chi connectivity index (χ1v) is 7.31. The van der Waals surface area contributed by atoms with Crippen LogP contribution in [0.3, 0.4) is 0 Å². The molecule has 20 heavy (non-hydrogen) atoms. The number of rotatable bonds is 0. The average molecular weight is 271 g/mol. The minimum absolute atomic E-state index is 0.0633. The highest BCUT2D eigenvalue weighted by Crippen LogP contribution is 2.53. The first-order chi connectivity index (χ1) is 9.76. The van der Waals surface area contributed by atoms with E-state index in [0.29, 0.717) is 12.8 Å². The van der Waals surface area contributed by atoms with Crippen LogP contribution in [0.25, 0.3) is 0 Å². The van der Waals surface area contributed by atoms with Crippen molar-refractivity contribution in [3.05, 3.63) is 35.4 Å². The van der Waals surface area contributed by atoms with Gasteiger partial charge in [-0.2, -0.15) is 0 Å². The summed E-state index contributed by atoms with van der Waals surface area (Å²) < 4.78 is 11.1. The second-order valence-electron chi connectivity index (χ2n) is 6.30. The summed E-state index contributed by atoms with van der Waals surface area (Å²) >= 11 is 0. The Labute approximate surface area is 117 Å². The van der Waals surface area contributed by atoms with Crippen molar-refractivity contribution in [2.45, 2.75) is 36.9 Å². The fourth-order valence-corrected chi connectivity index (χ4v) is 4.48. The summed E-state index contributed by atoms with van der Waals surface area (Å²) in [5.74, 6) is 1.75. The molecule has 1 aromatic carbocycles. The van der Waals surface area contributed by atoms with Crippen LogP contribution in [0.5, 0.6) is 11.5 Å². The van der Waals surface area contributed by atoms with Crippen molar-refractivity contribution in [3.63, 3.8) is 0 Å². The number of nitrogens with zero attached hydrogens (tertiary/aromatic N) is 1. The molecule has 1 aliphatic carbocycles. The Bertz CT molecular complexity index is 626. The molecular weight excluding hydrogens is 254 g/mol. The molecular formula is C16H17NO3. The molecule has 104 valence electrons. The SMILES string of the molecule is OC1C=C[C@@]23CCN(Cc4cc5c(cc42)OCO5)[C@@H]3C1. The molecule has 4 heteroatoms. The van der Waals surface area contributed by atoms with Crippen molar-refractivity contribution >= 4 is 0 Å². The van der Waals surface area contributed by atoms with Gasteiger partial charge >= 0.3 is 0 Å². The molecule has 4 atom stereocenters. The molecule has 3 aliphatic heterocycles. The normalized spacial score (nSPS) is 39.5. The van der Waals surface area contributed by atoms with Gasteiger partial charge in [-0.1, -0.05) is 12.2 Å². The Kier molecular flexibility index (Phi) is 1.99. The van der Waals surface area contributed by atoms with Gasteiger partial charge in [-0.15, -0.1) is 0 Å². The molecule has 3 heterocycles. The maximum atomic E-state index is 9.95. The number of ether oxygens (including phenoxy) is 2. The largest absolute Gasteiger partial charge is 0.454 e. The van der Waals surface area contributed by atoms with E-state index in [-0.39, 0.29) is 11.5 Å². The van der Waals surface area contributed by atoms with Gasteiger partial charge in [-0.05, 0) is 36.1 Å². The van der Waals surface area contributed by atoms with E-state index in [1.165, 1.54) is 11.1 Å². The standard InChI is InChI=1S/C16H17NO3/c18-11-1-2-16-3-4-17(15(16)6-11)8-10-5-13-14(7-12(10)16)20-9-19-13/h1-2,5,7,11,15,18H,3-4,6,8-9H2/t11?,15-,16-/m1/s1. The lowest BCUT2D eigenvalue weighted by atomic mass is 9.66. The number of aliphatic hydroxyl groups excluding tert-OH is 1. The van der Waals surface area contributed by atoms with E-state index in [0.717, 1.165) is 37.4 Å². The molecule has 1 N–H and O–H groups in total. The number of hydrogen-bond donors (Lipinski definition) is 1. The maximum Gasteiger partial charge on any atom is 0.231 e. The highest BCUT2D eigenvalue weighted by Gasteiger charge is 2.53. The van der Waals surface area contributed by atoms with Crippen molar-refractivity contribution in [1.82, 2.24) is 4.90 Å². The predicted molar refractivity (Wildman–Crippen MR) is 72.8 cm³/mol. The molecule has 0 aromatic heterocycles. The molecule has 4 aliphatic rings. The lowest BCUT2D eigenvalue weighted by Crippen LogP contribution is -2.49. The summed E-state index contributed by atoms with van der Waals surface area (Å²) in [4.78, 5) is 2.51. The number of benzene rings is 1. The highest BCUT2D eigenvalue weighted by atomic mass is 16.7. The van der Waals surface area contributed by atoms with Gasteiger partial charge in [0.1, 0.15) is 0 Å². The molecule has 2 bridgehead atoms. The Morgan fingerprint density at radius 3 is 3.00 bits per heavy atom. The third kappa shape index (κ3) is 1.24. The fraction of sp³-hybridized carbons (Fsp3) is 0.500. The lowest BCUT2D eigenvalue weighted by molar-refractivity contribution is 0.110. The molecule has 4 nitrogen and oxygen atoms in total. The molecule has 0 radical (unpaired) electrons. The van der Waals surface area contributed by atoms with Gasteiger partial charge in [0, 0.05) is 24.5 Å². The lowest BCUT2D eigenvalue weighted by Gasteiger charge is -2.45. The second kappa shape index (κ2) is 3.57. The summed E-state index contributed by atoms with van der Waals surface area (Å²) in [7, 11) is 0. The molecule has 1 aromatic rings. The molecule has 0 saturated carbocycles. The van der Waals surface area contributed by atoms with Crippen LogP contribution in [-0.4, -0.2) is 35.5 Å². The minimum Gasteiger partial charge on any atom is -0.454 e. The smallest absolute Gasteiger partial charge is 0.231 e.